The van der Waals surface area contributed by atoms with Gasteiger partial charge >= 0.3 is 0 Å². The Morgan fingerprint density at radius 2 is 2.17 bits per heavy atom. The van der Waals surface area contributed by atoms with Gasteiger partial charge in [0.25, 0.3) is 5.91 Å². The molecule has 1 atom stereocenters. The highest BCUT2D eigenvalue weighted by Crippen LogP contribution is 2.30. The van der Waals surface area contributed by atoms with E-state index in [2.05, 4.69) is 10.3 Å². The number of thiazole rings is 1. The molecule has 128 valence electrons. The Morgan fingerprint density at radius 1 is 1.42 bits per heavy atom. The summed E-state index contributed by atoms with van der Waals surface area (Å²) >= 11 is 1.46. The van der Waals surface area contributed by atoms with Crippen LogP contribution in [0.25, 0.3) is 10.6 Å². The minimum atomic E-state index is 0.0656. The molecule has 1 unspecified atom stereocenters. The first kappa shape index (κ1) is 16.9. The largest absolute Gasteiger partial charge is 0.494 e. The number of ether oxygens (including phenoxy) is 1. The number of likely N-dealkylation sites (N-methyl/N-ethyl adjacent to an activating group) is 1. The first-order chi connectivity index (χ1) is 11.6. The van der Waals surface area contributed by atoms with Gasteiger partial charge in [0.1, 0.15) is 15.6 Å². The van der Waals surface area contributed by atoms with E-state index in [1.165, 1.54) is 11.3 Å². The second-order valence-electron chi connectivity index (χ2n) is 5.95. The average molecular weight is 345 g/mol. The fourth-order valence-electron chi connectivity index (χ4n) is 2.87. The molecule has 1 aromatic heterocycles. The Labute approximate surface area is 146 Å². The van der Waals surface area contributed by atoms with Crippen LogP contribution in [-0.2, 0) is 0 Å². The van der Waals surface area contributed by atoms with Crippen molar-refractivity contribution in [2.45, 2.75) is 26.3 Å². The summed E-state index contributed by atoms with van der Waals surface area (Å²) in [6.07, 6.45) is 1.01. The molecule has 1 amide bonds. The highest BCUT2D eigenvalue weighted by molar-refractivity contribution is 7.17. The molecule has 1 aromatic carbocycles. The van der Waals surface area contributed by atoms with E-state index in [-0.39, 0.29) is 11.9 Å². The van der Waals surface area contributed by atoms with Crippen molar-refractivity contribution in [1.29, 1.82) is 0 Å². The minimum absolute atomic E-state index is 0.0656. The molecule has 0 radical (unpaired) electrons. The number of carbonyl (C=O) groups is 1. The standard InChI is InChI=1S/C18H23N3O2S/c1-4-23-15-7-5-13(6-8-15)17-20-12(2)16(24-17)18(22)21(3)14-9-10-19-11-14/h5-8,14,19H,4,9-11H2,1-3H3. The van der Waals surface area contributed by atoms with Crippen molar-refractivity contribution in [3.05, 3.63) is 34.8 Å². The summed E-state index contributed by atoms with van der Waals surface area (Å²) in [7, 11) is 1.88. The highest BCUT2D eigenvalue weighted by atomic mass is 32.1. The second kappa shape index (κ2) is 7.32. The number of aryl methyl sites for hydroxylation is 1. The molecule has 24 heavy (non-hydrogen) atoms. The van der Waals surface area contributed by atoms with Crippen LogP contribution in [0.2, 0.25) is 0 Å². The number of hydrogen-bond acceptors (Lipinski definition) is 5. The molecule has 2 aromatic rings. The highest BCUT2D eigenvalue weighted by Gasteiger charge is 2.27. The van der Waals surface area contributed by atoms with E-state index < -0.39 is 0 Å². The average Bonchev–Trinajstić information content (AvgIpc) is 3.24. The third-order valence-electron chi connectivity index (χ3n) is 4.31. The lowest BCUT2D eigenvalue weighted by molar-refractivity contribution is 0.0747. The number of nitrogens with zero attached hydrogens (tertiary/aromatic N) is 2. The number of carbonyl (C=O) groups excluding carboxylic acids is 1. The van der Waals surface area contributed by atoms with E-state index in [9.17, 15) is 4.79 Å². The Balaban J connectivity index is 1.80. The third-order valence-corrected chi connectivity index (χ3v) is 5.50. The van der Waals surface area contributed by atoms with Crippen LogP contribution in [0.4, 0.5) is 0 Å². The molecule has 0 saturated carbocycles. The third kappa shape index (κ3) is 3.44. The molecular weight excluding hydrogens is 322 g/mol. The van der Waals surface area contributed by atoms with Gasteiger partial charge < -0.3 is 15.0 Å². The fraction of sp³-hybridized carbons (Fsp3) is 0.444. The van der Waals surface area contributed by atoms with Gasteiger partial charge in [-0.25, -0.2) is 4.98 Å². The Hall–Kier alpha value is -1.92. The molecule has 1 fully saturated rings. The Bertz CT molecular complexity index is 706. The molecule has 2 heterocycles. The number of aromatic nitrogens is 1. The molecule has 0 spiro atoms. The molecular formula is C18H23N3O2S. The summed E-state index contributed by atoms with van der Waals surface area (Å²) in [5.74, 6) is 0.912. The van der Waals surface area contributed by atoms with E-state index in [0.717, 1.165) is 46.4 Å². The number of nitrogens with one attached hydrogen (secondary N) is 1. The van der Waals surface area contributed by atoms with Crippen LogP contribution in [0.15, 0.2) is 24.3 Å². The minimum Gasteiger partial charge on any atom is -0.494 e. The van der Waals surface area contributed by atoms with E-state index in [0.29, 0.717) is 6.61 Å². The second-order valence-corrected chi connectivity index (χ2v) is 6.95. The van der Waals surface area contributed by atoms with Gasteiger partial charge in [-0.3, -0.25) is 4.79 Å². The molecule has 1 saturated heterocycles. The molecule has 3 rings (SSSR count). The number of rotatable bonds is 5. The molecule has 6 heteroatoms. The monoisotopic (exact) mass is 345 g/mol. The predicted molar refractivity (Wildman–Crippen MR) is 96.8 cm³/mol. The molecule has 1 N–H and O–H groups in total. The first-order valence-electron chi connectivity index (χ1n) is 8.28. The maximum atomic E-state index is 12.8. The van der Waals surface area contributed by atoms with Gasteiger partial charge in [0.15, 0.2) is 0 Å². The van der Waals surface area contributed by atoms with E-state index in [1.54, 1.807) is 0 Å². The lowest BCUT2D eigenvalue weighted by Gasteiger charge is -2.23. The fourth-order valence-corrected chi connectivity index (χ4v) is 3.93. The smallest absolute Gasteiger partial charge is 0.265 e. The topological polar surface area (TPSA) is 54.5 Å². The molecule has 0 bridgehead atoms. The maximum absolute atomic E-state index is 12.8. The van der Waals surface area contributed by atoms with E-state index in [1.807, 2.05) is 50.1 Å². The normalized spacial score (nSPS) is 17.0. The Morgan fingerprint density at radius 3 is 2.79 bits per heavy atom. The lowest BCUT2D eigenvalue weighted by atomic mass is 10.2. The van der Waals surface area contributed by atoms with Crippen molar-refractivity contribution >= 4 is 17.2 Å². The molecule has 1 aliphatic rings. The van der Waals surface area contributed by atoms with Crippen LogP contribution < -0.4 is 10.1 Å². The maximum Gasteiger partial charge on any atom is 0.265 e. The van der Waals surface area contributed by atoms with Crippen LogP contribution in [0.3, 0.4) is 0 Å². The summed E-state index contributed by atoms with van der Waals surface area (Å²) in [6, 6.07) is 8.12. The summed E-state index contributed by atoms with van der Waals surface area (Å²) in [6.45, 7) is 6.36. The number of benzene rings is 1. The SMILES string of the molecule is CCOc1ccc(-c2nc(C)c(C(=O)N(C)C3CCNC3)s2)cc1. The van der Waals surface area contributed by atoms with Gasteiger partial charge in [-0.15, -0.1) is 11.3 Å². The van der Waals surface area contributed by atoms with Crippen molar-refractivity contribution in [2.75, 3.05) is 26.7 Å². The molecule has 5 nitrogen and oxygen atoms in total. The zero-order chi connectivity index (χ0) is 17.1. The number of hydrogen-bond donors (Lipinski definition) is 1. The van der Waals surface area contributed by atoms with Crippen LogP contribution in [0.5, 0.6) is 5.75 Å². The lowest BCUT2D eigenvalue weighted by Crippen LogP contribution is -2.38. The first-order valence-corrected chi connectivity index (χ1v) is 9.10. The van der Waals surface area contributed by atoms with Crippen molar-refractivity contribution in [2.24, 2.45) is 0 Å². The van der Waals surface area contributed by atoms with Crippen LogP contribution >= 0.6 is 11.3 Å². The van der Waals surface area contributed by atoms with Crippen molar-refractivity contribution in [3.63, 3.8) is 0 Å². The van der Waals surface area contributed by atoms with Gasteiger partial charge in [0, 0.05) is 25.2 Å². The van der Waals surface area contributed by atoms with Crippen LogP contribution in [-0.4, -0.2) is 48.6 Å². The van der Waals surface area contributed by atoms with Crippen molar-refractivity contribution in [3.8, 4) is 16.3 Å². The van der Waals surface area contributed by atoms with Crippen molar-refractivity contribution < 1.29 is 9.53 Å². The van der Waals surface area contributed by atoms with Crippen molar-refractivity contribution in [1.82, 2.24) is 15.2 Å². The summed E-state index contributed by atoms with van der Waals surface area (Å²) in [4.78, 5) is 20.0. The summed E-state index contributed by atoms with van der Waals surface area (Å²) in [5, 5.41) is 4.17. The Kier molecular flexibility index (Phi) is 5.16. The van der Waals surface area contributed by atoms with E-state index >= 15 is 0 Å². The molecule has 0 aliphatic carbocycles. The predicted octanol–water partition coefficient (Wildman–Crippen LogP) is 2.95. The van der Waals surface area contributed by atoms with E-state index in [4.69, 9.17) is 4.74 Å². The van der Waals surface area contributed by atoms with Gasteiger partial charge in [0.05, 0.1) is 12.3 Å². The summed E-state index contributed by atoms with van der Waals surface area (Å²) < 4.78 is 5.47. The van der Waals surface area contributed by atoms with Gasteiger partial charge in [-0.2, -0.15) is 0 Å². The van der Waals surface area contributed by atoms with Gasteiger partial charge in [-0.05, 0) is 51.1 Å². The zero-order valence-electron chi connectivity index (χ0n) is 14.3. The van der Waals surface area contributed by atoms with Gasteiger partial charge in [0.2, 0.25) is 0 Å². The van der Waals surface area contributed by atoms with Gasteiger partial charge in [-0.1, -0.05) is 0 Å². The van der Waals surface area contributed by atoms with Crippen LogP contribution in [0.1, 0.15) is 28.7 Å². The number of amides is 1. The quantitative estimate of drug-likeness (QED) is 0.905. The summed E-state index contributed by atoms with van der Waals surface area (Å²) in [5.41, 5.74) is 1.81. The van der Waals surface area contributed by atoms with Crippen LogP contribution in [0, 0.1) is 6.92 Å². The zero-order valence-corrected chi connectivity index (χ0v) is 15.2. The molecule has 1 aliphatic heterocycles.